The Labute approximate surface area is 101 Å². The summed E-state index contributed by atoms with van der Waals surface area (Å²) in [5.74, 6) is 0. The number of benzene rings is 1. The molecule has 0 aromatic heterocycles. The standard InChI is InChI=1S/C12H18N2O3/c1-2-7-13-8-9-17-10-11-3-5-12(6-4-11)14(15)16/h3-6,13H,2,7-10H2,1H3. The first-order valence-electron chi connectivity index (χ1n) is 5.76. The lowest BCUT2D eigenvalue weighted by molar-refractivity contribution is -0.384. The minimum atomic E-state index is -0.403. The van der Waals surface area contributed by atoms with Crippen molar-refractivity contribution in [1.29, 1.82) is 0 Å². The zero-order valence-corrected chi connectivity index (χ0v) is 10.0. The first-order valence-corrected chi connectivity index (χ1v) is 5.76. The minimum Gasteiger partial charge on any atom is -0.375 e. The van der Waals surface area contributed by atoms with Crippen LogP contribution in [0.25, 0.3) is 0 Å². The smallest absolute Gasteiger partial charge is 0.269 e. The summed E-state index contributed by atoms with van der Waals surface area (Å²) >= 11 is 0. The lowest BCUT2D eigenvalue weighted by Gasteiger charge is -2.05. The topological polar surface area (TPSA) is 64.4 Å². The van der Waals surface area contributed by atoms with E-state index in [1.807, 2.05) is 0 Å². The molecule has 0 radical (unpaired) electrons. The Balaban J connectivity index is 2.21. The molecule has 0 heterocycles. The van der Waals surface area contributed by atoms with Crippen LogP contribution in [0.5, 0.6) is 0 Å². The van der Waals surface area contributed by atoms with Crippen molar-refractivity contribution in [2.75, 3.05) is 19.7 Å². The van der Waals surface area contributed by atoms with Gasteiger partial charge in [-0.15, -0.1) is 0 Å². The second kappa shape index (κ2) is 7.76. The Bertz CT molecular complexity index is 338. The van der Waals surface area contributed by atoms with Crippen molar-refractivity contribution in [3.8, 4) is 0 Å². The molecule has 1 rings (SSSR count). The van der Waals surface area contributed by atoms with Gasteiger partial charge in [-0.3, -0.25) is 10.1 Å². The summed E-state index contributed by atoms with van der Waals surface area (Å²) in [5, 5.41) is 13.7. The largest absolute Gasteiger partial charge is 0.375 e. The molecule has 5 heteroatoms. The molecule has 1 N–H and O–H groups in total. The Kier molecular flexibility index (Phi) is 6.21. The quantitative estimate of drug-likeness (QED) is 0.428. The summed E-state index contributed by atoms with van der Waals surface area (Å²) in [6, 6.07) is 6.43. The normalized spacial score (nSPS) is 10.4. The van der Waals surface area contributed by atoms with Gasteiger partial charge in [-0.25, -0.2) is 0 Å². The Hall–Kier alpha value is -1.46. The fraction of sp³-hybridized carbons (Fsp3) is 0.500. The van der Waals surface area contributed by atoms with Crippen LogP contribution in [0.15, 0.2) is 24.3 Å². The SMILES string of the molecule is CCCNCCOCc1ccc([N+](=O)[O-])cc1. The van der Waals surface area contributed by atoms with E-state index >= 15 is 0 Å². The van der Waals surface area contributed by atoms with E-state index in [1.165, 1.54) is 12.1 Å². The lowest BCUT2D eigenvalue weighted by atomic mass is 10.2. The summed E-state index contributed by atoms with van der Waals surface area (Å²) in [4.78, 5) is 10.0. The highest BCUT2D eigenvalue weighted by Gasteiger charge is 2.03. The molecular formula is C12H18N2O3. The van der Waals surface area contributed by atoms with Crippen LogP contribution in [-0.2, 0) is 11.3 Å². The number of non-ortho nitro benzene ring substituents is 1. The van der Waals surface area contributed by atoms with Gasteiger partial charge in [0.1, 0.15) is 0 Å². The third kappa shape index (κ3) is 5.42. The van der Waals surface area contributed by atoms with Crippen molar-refractivity contribution in [2.45, 2.75) is 20.0 Å². The Morgan fingerprint density at radius 1 is 1.29 bits per heavy atom. The van der Waals surface area contributed by atoms with Gasteiger partial charge in [0.05, 0.1) is 18.1 Å². The molecule has 0 aliphatic carbocycles. The van der Waals surface area contributed by atoms with Gasteiger partial charge in [0, 0.05) is 18.7 Å². The van der Waals surface area contributed by atoms with Crippen LogP contribution in [0, 0.1) is 10.1 Å². The van der Waals surface area contributed by atoms with Crippen molar-refractivity contribution < 1.29 is 9.66 Å². The van der Waals surface area contributed by atoms with Gasteiger partial charge in [-0.1, -0.05) is 6.92 Å². The van der Waals surface area contributed by atoms with E-state index < -0.39 is 4.92 Å². The monoisotopic (exact) mass is 238 g/mol. The summed E-state index contributed by atoms with van der Waals surface area (Å²) < 4.78 is 5.43. The Morgan fingerprint density at radius 2 is 2.00 bits per heavy atom. The molecule has 0 aliphatic rings. The van der Waals surface area contributed by atoms with Gasteiger partial charge >= 0.3 is 0 Å². The molecule has 0 spiro atoms. The molecule has 0 saturated carbocycles. The molecule has 0 aliphatic heterocycles. The molecule has 0 unspecified atom stereocenters. The maximum atomic E-state index is 10.4. The second-order valence-corrected chi connectivity index (χ2v) is 3.73. The van der Waals surface area contributed by atoms with E-state index in [0.29, 0.717) is 13.2 Å². The van der Waals surface area contributed by atoms with Gasteiger partial charge in [0.2, 0.25) is 0 Å². The molecule has 5 nitrogen and oxygen atoms in total. The molecule has 17 heavy (non-hydrogen) atoms. The molecular weight excluding hydrogens is 220 g/mol. The van der Waals surface area contributed by atoms with Crippen molar-refractivity contribution in [1.82, 2.24) is 5.32 Å². The second-order valence-electron chi connectivity index (χ2n) is 3.73. The van der Waals surface area contributed by atoms with E-state index in [2.05, 4.69) is 12.2 Å². The first-order chi connectivity index (χ1) is 8.24. The number of nitrogens with one attached hydrogen (secondary N) is 1. The van der Waals surface area contributed by atoms with Crippen molar-refractivity contribution in [3.05, 3.63) is 39.9 Å². The fourth-order valence-electron chi connectivity index (χ4n) is 1.35. The maximum Gasteiger partial charge on any atom is 0.269 e. The van der Waals surface area contributed by atoms with Crippen molar-refractivity contribution >= 4 is 5.69 Å². The first kappa shape index (κ1) is 13.6. The predicted octanol–water partition coefficient (Wildman–Crippen LogP) is 2.11. The van der Waals surface area contributed by atoms with Crippen LogP contribution in [0.4, 0.5) is 5.69 Å². The van der Waals surface area contributed by atoms with Crippen LogP contribution >= 0.6 is 0 Å². The van der Waals surface area contributed by atoms with Crippen LogP contribution < -0.4 is 5.32 Å². The number of rotatable bonds is 8. The fourth-order valence-corrected chi connectivity index (χ4v) is 1.35. The van der Waals surface area contributed by atoms with Crippen molar-refractivity contribution in [2.24, 2.45) is 0 Å². The summed E-state index contributed by atoms with van der Waals surface area (Å²) in [5.41, 5.74) is 1.06. The summed E-state index contributed by atoms with van der Waals surface area (Å²) in [6.45, 7) is 5.09. The molecule has 0 amide bonds. The zero-order valence-electron chi connectivity index (χ0n) is 10.0. The minimum absolute atomic E-state index is 0.110. The number of hydrogen-bond acceptors (Lipinski definition) is 4. The maximum absolute atomic E-state index is 10.4. The number of ether oxygens (including phenoxy) is 1. The van der Waals surface area contributed by atoms with E-state index in [9.17, 15) is 10.1 Å². The third-order valence-electron chi connectivity index (χ3n) is 2.27. The van der Waals surface area contributed by atoms with Crippen molar-refractivity contribution in [3.63, 3.8) is 0 Å². The van der Waals surface area contributed by atoms with Gasteiger partial charge < -0.3 is 10.1 Å². The van der Waals surface area contributed by atoms with Gasteiger partial charge in [-0.05, 0) is 30.7 Å². The van der Waals surface area contributed by atoms with Crippen LogP contribution in [-0.4, -0.2) is 24.6 Å². The molecule has 1 aromatic rings. The van der Waals surface area contributed by atoms with Crippen LogP contribution in [0.1, 0.15) is 18.9 Å². The average molecular weight is 238 g/mol. The number of hydrogen-bond donors (Lipinski definition) is 1. The lowest BCUT2D eigenvalue weighted by Crippen LogP contribution is -2.20. The van der Waals surface area contributed by atoms with Crippen LogP contribution in [0.3, 0.4) is 0 Å². The predicted molar refractivity (Wildman–Crippen MR) is 65.9 cm³/mol. The highest BCUT2D eigenvalue weighted by atomic mass is 16.6. The summed E-state index contributed by atoms with van der Waals surface area (Å²) in [7, 11) is 0. The van der Waals surface area contributed by atoms with E-state index in [-0.39, 0.29) is 5.69 Å². The molecule has 0 saturated heterocycles. The zero-order chi connectivity index (χ0) is 12.5. The Morgan fingerprint density at radius 3 is 2.59 bits per heavy atom. The molecule has 0 bridgehead atoms. The average Bonchev–Trinajstić information content (AvgIpc) is 2.34. The van der Waals surface area contributed by atoms with Gasteiger partial charge in [0.25, 0.3) is 5.69 Å². The molecule has 94 valence electrons. The van der Waals surface area contributed by atoms with Gasteiger partial charge in [0.15, 0.2) is 0 Å². The van der Waals surface area contributed by atoms with Crippen LogP contribution in [0.2, 0.25) is 0 Å². The van der Waals surface area contributed by atoms with E-state index in [0.717, 1.165) is 25.1 Å². The van der Waals surface area contributed by atoms with Gasteiger partial charge in [-0.2, -0.15) is 0 Å². The molecule has 0 fully saturated rings. The number of nitro groups is 1. The number of nitro benzene ring substituents is 1. The number of nitrogens with zero attached hydrogens (tertiary/aromatic N) is 1. The molecule has 1 aromatic carbocycles. The summed E-state index contributed by atoms with van der Waals surface area (Å²) in [6.07, 6.45) is 1.11. The molecule has 0 atom stereocenters. The van der Waals surface area contributed by atoms with E-state index in [1.54, 1.807) is 12.1 Å². The highest BCUT2D eigenvalue weighted by molar-refractivity contribution is 5.32. The highest BCUT2D eigenvalue weighted by Crippen LogP contribution is 2.12. The third-order valence-corrected chi connectivity index (χ3v) is 2.27. The van der Waals surface area contributed by atoms with E-state index in [4.69, 9.17) is 4.74 Å².